The monoisotopic (exact) mass is 356 g/mol. The van der Waals surface area contributed by atoms with Crippen LogP contribution in [0.15, 0.2) is 24.5 Å². The fraction of sp³-hybridized carbons (Fsp3) is 0.500. The summed E-state index contributed by atoms with van der Waals surface area (Å²) in [6.45, 7) is 3.92. The van der Waals surface area contributed by atoms with Crippen molar-refractivity contribution in [3.63, 3.8) is 0 Å². The van der Waals surface area contributed by atoms with Gasteiger partial charge in [0.05, 0.1) is 11.3 Å². The van der Waals surface area contributed by atoms with Crippen LogP contribution in [-0.4, -0.2) is 28.2 Å². The van der Waals surface area contributed by atoms with Gasteiger partial charge in [-0.2, -0.15) is 0 Å². The second-order valence-corrected chi connectivity index (χ2v) is 7.29. The number of aryl methyl sites for hydroxylation is 1. The highest BCUT2D eigenvalue weighted by atomic mass is 19.1. The summed E-state index contributed by atoms with van der Waals surface area (Å²) in [4.78, 5) is 8.58. The molecule has 138 valence electrons. The van der Waals surface area contributed by atoms with E-state index >= 15 is 0 Å². The number of anilines is 2. The first kappa shape index (κ1) is 17.2. The van der Waals surface area contributed by atoms with Gasteiger partial charge in [0.15, 0.2) is 0 Å². The van der Waals surface area contributed by atoms with Gasteiger partial charge in [-0.3, -0.25) is 0 Å². The Hall–Kier alpha value is -2.21. The number of halogens is 1. The summed E-state index contributed by atoms with van der Waals surface area (Å²) in [7, 11) is 0. The van der Waals surface area contributed by atoms with Crippen LogP contribution in [0.4, 0.5) is 15.9 Å². The fourth-order valence-electron chi connectivity index (χ4n) is 3.95. The smallest absolute Gasteiger partial charge is 0.221 e. The molecule has 2 aromatic rings. The van der Waals surface area contributed by atoms with Crippen molar-refractivity contribution in [1.29, 1.82) is 0 Å². The first-order valence-electron chi connectivity index (χ1n) is 9.42. The highest BCUT2D eigenvalue weighted by Gasteiger charge is 2.34. The Balaban J connectivity index is 1.50. The van der Waals surface area contributed by atoms with Gasteiger partial charge in [0, 0.05) is 12.1 Å². The Kier molecular flexibility index (Phi) is 4.76. The molecule has 2 aliphatic heterocycles. The number of piperidine rings is 1. The van der Waals surface area contributed by atoms with Crippen molar-refractivity contribution in [3.8, 4) is 5.88 Å². The van der Waals surface area contributed by atoms with Crippen LogP contribution in [0.25, 0.3) is 0 Å². The molecule has 3 heterocycles. The van der Waals surface area contributed by atoms with E-state index in [1.165, 1.54) is 19.2 Å². The van der Waals surface area contributed by atoms with Gasteiger partial charge in [-0.05, 0) is 56.7 Å². The maximum absolute atomic E-state index is 14.3. The van der Waals surface area contributed by atoms with Gasteiger partial charge in [-0.25, -0.2) is 14.4 Å². The molecule has 0 aliphatic carbocycles. The van der Waals surface area contributed by atoms with Crippen LogP contribution in [0.5, 0.6) is 5.88 Å². The molecule has 4 rings (SSSR count). The predicted molar refractivity (Wildman–Crippen MR) is 99.4 cm³/mol. The quantitative estimate of drug-likeness (QED) is 0.851. The summed E-state index contributed by atoms with van der Waals surface area (Å²) in [5.74, 6) is 0.884. The topological polar surface area (TPSA) is 59.1 Å². The second kappa shape index (κ2) is 7.19. The lowest BCUT2D eigenvalue weighted by Gasteiger charge is -2.29. The highest BCUT2D eigenvalue weighted by Crippen LogP contribution is 2.31. The van der Waals surface area contributed by atoms with Gasteiger partial charge in [0.1, 0.15) is 24.1 Å². The molecular weight excluding hydrogens is 331 g/mol. The van der Waals surface area contributed by atoms with E-state index in [-0.39, 0.29) is 11.9 Å². The third-order valence-corrected chi connectivity index (χ3v) is 5.44. The minimum Gasteiger partial charge on any atom is -0.474 e. The lowest BCUT2D eigenvalue weighted by atomic mass is 10.0. The number of nitrogens with one attached hydrogen (secondary N) is 2. The SMILES string of the molecule is CCc1ccc(Nc2ncnc(OC3CC4CCC(C3)N4)c2C)c(F)c1. The van der Waals surface area contributed by atoms with Crippen LogP contribution < -0.4 is 15.4 Å². The number of nitrogens with zero attached hydrogens (tertiary/aromatic N) is 2. The Labute approximate surface area is 153 Å². The van der Waals surface area contributed by atoms with Crippen molar-refractivity contribution in [2.75, 3.05) is 5.32 Å². The molecule has 5 nitrogen and oxygen atoms in total. The van der Waals surface area contributed by atoms with E-state index in [0.717, 1.165) is 30.4 Å². The normalized spacial score (nSPS) is 24.5. The van der Waals surface area contributed by atoms with Crippen LogP contribution in [-0.2, 0) is 6.42 Å². The Morgan fingerprint density at radius 2 is 2.00 bits per heavy atom. The third kappa shape index (κ3) is 3.51. The van der Waals surface area contributed by atoms with E-state index in [9.17, 15) is 4.39 Å². The molecule has 2 fully saturated rings. The van der Waals surface area contributed by atoms with Gasteiger partial charge < -0.3 is 15.4 Å². The maximum Gasteiger partial charge on any atom is 0.221 e. The van der Waals surface area contributed by atoms with Crippen molar-refractivity contribution >= 4 is 11.5 Å². The van der Waals surface area contributed by atoms with Crippen LogP contribution in [0, 0.1) is 12.7 Å². The van der Waals surface area contributed by atoms with Gasteiger partial charge in [-0.1, -0.05) is 13.0 Å². The summed E-state index contributed by atoms with van der Waals surface area (Å²) >= 11 is 0. The van der Waals surface area contributed by atoms with E-state index in [1.54, 1.807) is 12.1 Å². The van der Waals surface area contributed by atoms with E-state index in [1.807, 2.05) is 19.9 Å². The molecule has 0 saturated carbocycles. The molecule has 6 heteroatoms. The highest BCUT2D eigenvalue weighted by molar-refractivity contribution is 5.61. The molecular formula is C20H25FN4O. The van der Waals surface area contributed by atoms with E-state index in [0.29, 0.717) is 29.5 Å². The number of ether oxygens (including phenoxy) is 1. The summed E-state index contributed by atoms with van der Waals surface area (Å²) in [5.41, 5.74) is 2.18. The first-order chi connectivity index (χ1) is 12.6. The van der Waals surface area contributed by atoms with Crippen molar-refractivity contribution in [2.45, 2.75) is 64.1 Å². The Morgan fingerprint density at radius 1 is 1.23 bits per heavy atom. The molecule has 2 bridgehead atoms. The zero-order valence-electron chi connectivity index (χ0n) is 15.3. The largest absolute Gasteiger partial charge is 0.474 e. The molecule has 1 aromatic carbocycles. The Morgan fingerprint density at radius 3 is 2.69 bits per heavy atom. The molecule has 2 atom stereocenters. The molecule has 2 N–H and O–H groups in total. The predicted octanol–water partition coefficient (Wildman–Crippen LogP) is 3.89. The van der Waals surface area contributed by atoms with Crippen molar-refractivity contribution in [1.82, 2.24) is 15.3 Å². The summed E-state index contributed by atoms with van der Waals surface area (Å²) < 4.78 is 20.5. The van der Waals surface area contributed by atoms with Gasteiger partial charge in [0.25, 0.3) is 0 Å². The molecule has 2 aliphatic rings. The van der Waals surface area contributed by atoms with Crippen molar-refractivity contribution in [3.05, 3.63) is 41.5 Å². The molecule has 1 aromatic heterocycles. The lowest BCUT2D eigenvalue weighted by molar-refractivity contribution is 0.131. The van der Waals surface area contributed by atoms with Crippen LogP contribution in [0.3, 0.4) is 0 Å². The average molecular weight is 356 g/mol. The molecule has 0 spiro atoms. The van der Waals surface area contributed by atoms with E-state index in [4.69, 9.17) is 4.74 Å². The average Bonchev–Trinajstić information content (AvgIpc) is 2.98. The summed E-state index contributed by atoms with van der Waals surface area (Å²) in [6, 6.07) is 6.35. The standard InChI is InChI=1S/C20H25FN4O/c1-3-13-4-7-18(17(21)8-13)25-19-12(2)20(23-11-22-19)26-16-9-14-5-6-15(10-16)24-14/h4,7-8,11,14-16,24H,3,5-6,9-10H2,1-2H3,(H,22,23,25). The number of benzene rings is 1. The molecule has 26 heavy (non-hydrogen) atoms. The van der Waals surface area contributed by atoms with E-state index in [2.05, 4.69) is 20.6 Å². The summed E-state index contributed by atoms with van der Waals surface area (Å²) in [5, 5.41) is 6.69. The third-order valence-electron chi connectivity index (χ3n) is 5.44. The maximum atomic E-state index is 14.3. The first-order valence-corrected chi connectivity index (χ1v) is 9.42. The van der Waals surface area contributed by atoms with Crippen LogP contribution >= 0.6 is 0 Å². The lowest BCUT2D eigenvalue weighted by Crippen LogP contribution is -2.42. The molecule has 0 radical (unpaired) electrons. The van der Waals surface area contributed by atoms with E-state index < -0.39 is 0 Å². The molecule has 0 amide bonds. The zero-order chi connectivity index (χ0) is 18.1. The minimum atomic E-state index is -0.278. The molecule has 2 unspecified atom stereocenters. The minimum absolute atomic E-state index is 0.177. The molecule has 2 saturated heterocycles. The fourth-order valence-corrected chi connectivity index (χ4v) is 3.95. The van der Waals surface area contributed by atoms with Crippen LogP contribution in [0.1, 0.15) is 43.7 Å². The zero-order valence-corrected chi connectivity index (χ0v) is 15.3. The van der Waals surface area contributed by atoms with Gasteiger partial charge >= 0.3 is 0 Å². The Bertz CT molecular complexity index is 785. The van der Waals surface area contributed by atoms with Crippen molar-refractivity contribution < 1.29 is 9.13 Å². The second-order valence-electron chi connectivity index (χ2n) is 7.29. The van der Waals surface area contributed by atoms with Gasteiger partial charge in [-0.15, -0.1) is 0 Å². The van der Waals surface area contributed by atoms with Crippen molar-refractivity contribution in [2.24, 2.45) is 0 Å². The number of aromatic nitrogens is 2. The van der Waals surface area contributed by atoms with Gasteiger partial charge in [0.2, 0.25) is 5.88 Å². The number of fused-ring (bicyclic) bond motifs is 2. The number of hydrogen-bond acceptors (Lipinski definition) is 5. The van der Waals surface area contributed by atoms with Crippen LogP contribution in [0.2, 0.25) is 0 Å². The number of rotatable bonds is 5. The number of hydrogen-bond donors (Lipinski definition) is 2. The summed E-state index contributed by atoms with van der Waals surface area (Å²) in [6.07, 6.45) is 6.93.